The predicted octanol–water partition coefficient (Wildman–Crippen LogP) is 1.89. The topological polar surface area (TPSA) is 89.0 Å². The van der Waals surface area contributed by atoms with Gasteiger partial charge in [0.25, 0.3) is 0 Å². The molecule has 2 atom stereocenters. The van der Waals surface area contributed by atoms with Crippen LogP contribution in [0.3, 0.4) is 0 Å². The van der Waals surface area contributed by atoms with Crippen molar-refractivity contribution in [3.63, 3.8) is 0 Å². The first-order valence-corrected chi connectivity index (χ1v) is 11.1. The summed E-state index contributed by atoms with van der Waals surface area (Å²) in [5.74, 6) is 0.210. The normalized spacial score (nSPS) is 20.0. The second kappa shape index (κ2) is 10.9. The molecule has 1 aliphatic heterocycles. The third-order valence-electron chi connectivity index (χ3n) is 6.13. The molecule has 170 valence electrons. The van der Waals surface area contributed by atoms with E-state index in [1.54, 1.807) is 0 Å². The monoisotopic (exact) mass is 429 g/mol. The van der Waals surface area contributed by atoms with Crippen LogP contribution in [0.5, 0.6) is 0 Å². The lowest BCUT2D eigenvalue weighted by molar-refractivity contribution is -0.134. The summed E-state index contributed by atoms with van der Waals surface area (Å²) in [6.45, 7) is 7.16. The Morgan fingerprint density at radius 3 is 2.58 bits per heavy atom. The first-order valence-electron chi connectivity index (χ1n) is 11.1. The number of aromatic amines is 1. The summed E-state index contributed by atoms with van der Waals surface area (Å²) in [5.41, 5.74) is 5.21. The van der Waals surface area contributed by atoms with Crippen molar-refractivity contribution >= 4 is 22.4 Å². The fourth-order valence-electron chi connectivity index (χ4n) is 4.61. The summed E-state index contributed by atoms with van der Waals surface area (Å²) < 4.78 is 4.63. The van der Waals surface area contributed by atoms with E-state index in [4.69, 9.17) is 10.2 Å². The second-order valence-electron chi connectivity index (χ2n) is 8.00. The van der Waals surface area contributed by atoms with Crippen molar-refractivity contribution in [3.05, 3.63) is 41.6 Å². The van der Waals surface area contributed by atoms with Crippen molar-refractivity contribution < 1.29 is 19.7 Å². The highest BCUT2D eigenvalue weighted by Crippen LogP contribution is 2.40. The highest BCUT2D eigenvalue weighted by Gasteiger charge is 2.36. The largest absolute Gasteiger partial charge is 0.394 e. The molecule has 2 aliphatic rings. The van der Waals surface area contributed by atoms with Crippen LogP contribution < -0.4 is 0 Å². The van der Waals surface area contributed by atoms with Crippen LogP contribution in [0.1, 0.15) is 25.0 Å². The van der Waals surface area contributed by atoms with Crippen LogP contribution in [0.25, 0.3) is 16.5 Å². The number of nitrogens with one attached hydrogen (secondary N) is 1. The number of aliphatic hydroxyl groups is 2. The van der Waals surface area contributed by atoms with Crippen molar-refractivity contribution in [1.29, 1.82) is 0 Å². The zero-order chi connectivity index (χ0) is 22.4. The van der Waals surface area contributed by atoms with Crippen LogP contribution in [0.15, 0.2) is 30.5 Å². The molecule has 2 aromatic rings. The number of nitrogens with zero attached hydrogens (tertiary/aromatic N) is 2. The summed E-state index contributed by atoms with van der Waals surface area (Å²) >= 11 is 0. The smallest absolute Gasteiger partial charge is 0.230 e. The minimum atomic E-state index is -0.0445. The highest BCUT2D eigenvalue weighted by molar-refractivity contribution is 5.99. The molecule has 0 unspecified atom stereocenters. The van der Waals surface area contributed by atoms with Crippen LogP contribution in [-0.2, 0) is 16.0 Å². The molecule has 3 N–H and O–H groups in total. The number of aliphatic hydroxyl groups excluding tert-OH is 2. The molecule has 4 rings (SSSR count). The Balaban J connectivity index is 0.000000339. The standard InChI is InChI=1S/C20H25N3O.C4H10O3/c1-4-23(5-2)20(24)14-9-16-15-7-6-8-17-19(15)13(11-21-17)10-18(16)22(3)12-14;5-1-3-7-4-2-6/h6-9,11,14,18,21H,4-5,10,12H2,1-3H3;5-6H,1-4H2/t14-,18-;/m1./s1. The lowest BCUT2D eigenvalue weighted by Crippen LogP contribution is -2.47. The number of likely N-dealkylation sites (N-methyl/N-ethyl adjacent to an activating group) is 1. The molecule has 1 aromatic carbocycles. The number of fused-ring (bicyclic) bond motifs is 2. The molecule has 0 saturated heterocycles. The van der Waals surface area contributed by atoms with E-state index in [-0.39, 0.29) is 25.0 Å². The minimum Gasteiger partial charge on any atom is -0.394 e. The van der Waals surface area contributed by atoms with Gasteiger partial charge in [-0.05, 0) is 50.1 Å². The van der Waals surface area contributed by atoms with Gasteiger partial charge in [0.2, 0.25) is 5.91 Å². The maximum atomic E-state index is 12.9. The fraction of sp³-hybridized carbons (Fsp3) is 0.542. The maximum absolute atomic E-state index is 12.9. The molecule has 31 heavy (non-hydrogen) atoms. The number of rotatable bonds is 7. The lowest BCUT2D eigenvalue weighted by Gasteiger charge is -2.40. The zero-order valence-corrected chi connectivity index (χ0v) is 18.8. The van der Waals surface area contributed by atoms with E-state index in [1.165, 1.54) is 27.6 Å². The van der Waals surface area contributed by atoms with E-state index in [9.17, 15) is 4.79 Å². The summed E-state index contributed by atoms with van der Waals surface area (Å²) in [5, 5.41) is 17.5. The molecule has 7 nitrogen and oxygen atoms in total. The first kappa shape index (κ1) is 23.5. The van der Waals surface area contributed by atoms with Gasteiger partial charge in [0.1, 0.15) is 0 Å². The number of ether oxygens (including phenoxy) is 1. The van der Waals surface area contributed by atoms with E-state index in [0.29, 0.717) is 19.3 Å². The molecule has 0 radical (unpaired) electrons. The first-order chi connectivity index (χ1) is 15.0. The molecule has 0 bridgehead atoms. The van der Waals surface area contributed by atoms with Crippen LogP contribution in [0.2, 0.25) is 0 Å². The Morgan fingerprint density at radius 1 is 1.23 bits per heavy atom. The van der Waals surface area contributed by atoms with Crippen molar-refractivity contribution in [1.82, 2.24) is 14.8 Å². The molecule has 0 saturated carbocycles. The number of H-pyrrole nitrogens is 1. The Morgan fingerprint density at radius 2 is 1.94 bits per heavy atom. The molecular formula is C24H35N3O4. The van der Waals surface area contributed by atoms with Gasteiger partial charge in [-0.1, -0.05) is 18.2 Å². The SMILES string of the molecule is CCN(CC)C(=O)[C@@H]1C=C2c3cccc4[nH]cc(c34)C[C@H]2N(C)C1.OCCOCCO. The number of benzene rings is 1. The number of carbonyl (C=O) groups excluding carboxylic acids is 1. The zero-order valence-electron chi connectivity index (χ0n) is 18.8. The van der Waals surface area contributed by atoms with Crippen LogP contribution in [0, 0.1) is 5.92 Å². The Bertz CT molecular complexity index is 899. The number of amides is 1. The third-order valence-corrected chi connectivity index (χ3v) is 6.13. The van der Waals surface area contributed by atoms with Crippen molar-refractivity contribution in [3.8, 4) is 0 Å². The number of aromatic nitrogens is 1. The van der Waals surface area contributed by atoms with Gasteiger partial charge >= 0.3 is 0 Å². The summed E-state index contributed by atoms with van der Waals surface area (Å²) in [6, 6.07) is 6.82. The van der Waals surface area contributed by atoms with Gasteiger partial charge in [-0.15, -0.1) is 0 Å². The maximum Gasteiger partial charge on any atom is 0.230 e. The van der Waals surface area contributed by atoms with E-state index < -0.39 is 0 Å². The average molecular weight is 430 g/mol. The molecule has 1 aromatic heterocycles. The number of carbonyl (C=O) groups is 1. The van der Waals surface area contributed by atoms with E-state index in [1.807, 2.05) is 4.90 Å². The minimum absolute atomic E-state index is 0.0278. The van der Waals surface area contributed by atoms with Crippen molar-refractivity contribution in [2.24, 2.45) is 5.92 Å². The van der Waals surface area contributed by atoms with E-state index in [2.05, 4.69) is 66.0 Å². The third kappa shape index (κ3) is 5.01. The Hall–Kier alpha value is -2.19. The molecule has 0 spiro atoms. The Kier molecular flexibility index (Phi) is 8.26. The van der Waals surface area contributed by atoms with Crippen LogP contribution in [0.4, 0.5) is 0 Å². The van der Waals surface area contributed by atoms with Gasteiger partial charge in [0.15, 0.2) is 0 Å². The van der Waals surface area contributed by atoms with Gasteiger partial charge in [0, 0.05) is 42.8 Å². The molecule has 2 heterocycles. The molecular weight excluding hydrogens is 394 g/mol. The number of hydrogen-bond donors (Lipinski definition) is 3. The molecule has 1 amide bonds. The van der Waals surface area contributed by atoms with Crippen molar-refractivity contribution in [2.45, 2.75) is 26.3 Å². The van der Waals surface area contributed by atoms with E-state index >= 15 is 0 Å². The number of hydrogen-bond acceptors (Lipinski definition) is 5. The molecule has 7 heteroatoms. The summed E-state index contributed by atoms with van der Waals surface area (Å²) in [4.78, 5) is 20.6. The molecule has 0 fully saturated rings. The lowest BCUT2D eigenvalue weighted by atomic mass is 9.79. The Labute approximate surface area is 184 Å². The van der Waals surface area contributed by atoms with E-state index in [0.717, 1.165) is 26.1 Å². The average Bonchev–Trinajstić information content (AvgIpc) is 3.20. The second-order valence-corrected chi connectivity index (χ2v) is 8.00. The quantitative estimate of drug-likeness (QED) is 0.585. The van der Waals surface area contributed by atoms with Crippen LogP contribution >= 0.6 is 0 Å². The van der Waals surface area contributed by atoms with Crippen molar-refractivity contribution in [2.75, 3.05) is 53.1 Å². The van der Waals surface area contributed by atoms with Gasteiger partial charge < -0.3 is 24.8 Å². The predicted molar refractivity (Wildman–Crippen MR) is 123 cm³/mol. The fourth-order valence-corrected chi connectivity index (χ4v) is 4.61. The van der Waals surface area contributed by atoms with Gasteiger partial charge in [-0.2, -0.15) is 0 Å². The summed E-state index contributed by atoms with van der Waals surface area (Å²) in [6.07, 6.45) is 5.41. The summed E-state index contributed by atoms with van der Waals surface area (Å²) in [7, 11) is 2.15. The van der Waals surface area contributed by atoms with Gasteiger partial charge in [-0.3, -0.25) is 9.69 Å². The van der Waals surface area contributed by atoms with Gasteiger partial charge in [0.05, 0.1) is 32.3 Å². The highest BCUT2D eigenvalue weighted by atomic mass is 16.5. The molecule has 1 aliphatic carbocycles. The van der Waals surface area contributed by atoms with Gasteiger partial charge in [-0.25, -0.2) is 0 Å². The van der Waals surface area contributed by atoms with Crippen LogP contribution in [-0.4, -0.2) is 90.1 Å².